The van der Waals surface area contributed by atoms with E-state index >= 15 is 0 Å². The largest absolute Gasteiger partial charge is 0.379 e. The van der Waals surface area contributed by atoms with Crippen molar-refractivity contribution < 1.29 is 9.53 Å². The molecule has 1 saturated heterocycles. The molecule has 2 aromatic rings. The first-order chi connectivity index (χ1) is 15.1. The SMILES string of the molecule is CN=C(NCCC(=O)Nc1ccc(C)cn1)NCc1ccccc1CN1CCOCC1. The standard InChI is InChI=1S/C23H32N6O2/c1-18-7-8-21(26-15-18)28-22(30)9-10-25-23(24-2)27-16-19-5-3-4-6-20(19)17-29-11-13-31-14-12-29/h3-8,15H,9-14,16-17H2,1-2H3,(H2,24,25,27)(H,26,28,30). The highest BCUT2D eigenvalue weighted by atomic mass is 16.5. The Morgan fingerprint density at radius 2 is 1.90 bits per heavy atom. The number of morpholine rings is 1. The third-order valence-corrected chi connectivity index (χ3v) is 5.11. The van der Waals surface area contributed by atoms with Crippen LogP contribution in [0.4, 0.5) is 5.82 Å². The molecule has 1 aromatic carbocycles. The smallest absolute Gasteiger partial charge is 0.227 e. The average molecular weight is 425 g/mol. The Labute approximate surface area is 184 Å². The van der Waals surface area contributed by atoms with Crippen LogP contribution in [0.3, 0.4) is 0 Å². The molecular weight excluding hydrogens is 392 g/mol. The lowest BCUT2D eigenvalue weighted by molar-refractivity contribution is -0.116. The first kappa shape index (κ1) is 22.7. The van der Waals surface area contributed by atoms with E-state index in [9.17, 15) is 4.79 Å². The van der Waals surface area contributed by atoms with Crippen LogP contribution in [0.25, 0.3) is 0 Å². The maximum absolute atomic E-state index is 12.1. The van der Waals surface area contributed by atoms with Gasteiger partial charge in [-0.2, -0.15) is 0 Å². The molecule has 1 amide bonds. The number of rotatable bonds is 8. The summed E-state index contributed by atoms with van der Waals surface area (Å²) in [5.74, 6) is 1.15. The molecule has 0 spiro atoms. The minimum Gasteiger partial charge on any atom is -0.379 e. The molecular formula is C23H32N6O2. The number of ether oxygens (including phenoxy) is 1. The van der Waals surface area contributed by atoms with Crippen molar-refractivity contribution in [3.63, 3.8) is 0 Å². The molecule has 8 nitrogen and oxygen atoms in total. The van der Waals surface area contributed by atoms with Crippen LogP contribution in [0.15, 0.2) is 47.6 Å². The summed E-state index contributed by atoms with van der Waals surface area (Å²) in [6, 6.07) is 12.2. The third kappa shape index (κ3) is 7.66. The molecule has 8 heteroatoms. The van der Waals surface area contributed by atoms with Crippen molar-refractivity contribution in [3.8, 4) is 0 Å². The first-order valence-corrected chi connectivity index (χ1v) is 10.7. The van der Waals surface area contributed by atoms with Crippen molar-refractivity contribution in [3.05, 3.63) is 59.3 Å². The number of guanidine groups is 1. The number of nitrogens with zero attached hydrogens (tertiary/aromatic N) is 3. The summed E-state index contributed by atoms with van der Waals surface area (Å²) in [4.78, 5) is 23.0. The van der Waals surface area contributed by atoms with Gasteiger partial charge in [0.1, 0.15) is 5.82 Å². The minimum atomic E-state index is -0.0878. The molecule has 166 valence electrons. The van der Waals surface area contributed by atoms with Gasteiger partial charge < -0.3 is 20.7 Å². The normalized spacial score (nSPS) is 14.8. The lowest BCUT2D eigenvalue weighted by atomic mass is 10.1. The number of carbonyl (C=O) groups excluding carboxylic acids is 1. The number of nitrogens with one attached hydrogen (secondary N) is 3. The number of hydrogen-bond acceptors (Lipinski definition) is 5. The van der Waals surface area contributed by atoms with Crippen molar-refractivity contribution >= 4 is 17.7 Å². The van der Waals surface area contributed by atoms with Gasteiger partial charge in [-0.1, -0.05) is 30.3 Å². The Morgan fingerprint density at radius 3 is 2.61 bits per heavy atom. The summed E-state index contributed by atoms with van der Waals surface area (Å²) < 4.78 is 5.44. The van der Waals surface area contributed by atoms with Crippen LogP contribution >= 0.6 is 0 Å². The topological polar surface area (TPSA) is 90.9 Å². The van der Waals surface area contributed by atoms with Crippen LogP contribution in [-0.4, -0.2) is 61.6 Å². The highest BCUT2D eigenvalue weighted by molar-refractivity contribution is 5.90. The van der Waals surface area contributed by atoms with E-state index in [4.69, 9.17) is 4.74 Å². The zero-order chi connectivity index (χ0) is 21.9. The van der Waals surface area contributed by atoms with Crippen LogP contribution < -0.4 is 16.0 Å². The number of anilines is 1. The Kier molecular flexibility index (Phi) is 8.81. The highest BCUT2D eigenvalue weighted by Crippen LogP contribution is 2.13. The minimum absolute atomic E-state index is 0.0878. The van der Waals surface area contributed by atoms with Crippen molar-refractivity contribution in [2.24, 2.45) is 4.99 Å². The van der Waals surface area contributed by atoms with E-state index in [0.717, 1.165) is 38.4 Å². The van der Waals surface area contributed by atoms with Crippen LogP contribution in [0.2, 0.25) is 0 Å². The van der Waals surface area contributed by atoms with Crippen molar-refractivity contribution in [1.29, 1.82) is 0 Å². The fourth-order valence-electron chi connectivity index (χ4n) is 3.33. The predicted octanol–water partition coefficient (Wildman–Crippen LogP) is 1.92. The maximum Gasteiger partial charge on any atom is 0.227 e. The molecule has 0 radical (unpaired) electrons. The number of aliphatic imine (C=N–C) groups is 1. The van der Waals surface area contributed by atoms with E-state index in [0.29, 0.717) is 31.3 Å². The summed E-state index contributed by atoms with van der Waals surface area (Å²) in [7, 11) is 1.73. The van der Waals surface area contributed by atoms with E-state index in [2.05, 4.69) is 55.1 Å². The molecule has 3 rings (SSSR count). The lowest BCUT2D eigenvalue weighted by Gasteiger charge is -2.27. The summed E-state index contributed by atoms with van der Waals surface area (Å²) in [6.45, 7) is 7.54. The average Bonchev–Trinajstić information content (AvgIpc) is 2.79. The van der Waals surface area contributed by atoms with Gasteiger partial charge in [-0.3, -0.25) is 14.7 Å². The second-order valence-corrected chi connectivity index (χ2v) is 7.53. The molecule has 2 heterocycles. The predicted molar refractivity (Wildman–Crippen MR) is 123 cm³/mol. The van der Waals surface area contributed by atoms with E-state index in [1.165, 1.54) is 11.1 Å². The van der Waals surface area contributed by atoms with Crippen LogP contribution in [-0.2, 0) is 22.6 Å². The van der Waals surface area contributed by atoms with Crippen LogP contribution in [0.5, 0.6) is 0 Å². The second kappa shape index (κ2) is 12.0. The van der Waals surface area contributed by atoms with Gasteiger partial charge in [-0.05, 0) is 29.7 Å². The van der Waals surface area contributed by atoms with Crippen molar-refractivity contribution in [2.45, 2.75) is 26.4 Å². The number of carbonyl (C=O) groups is 1. The number of aromatic nitrogens is 1. The van der Waals surface area contributed by atoms with E-state index in [1.807, 2.05) is 13.0 Å². The molecule has 0 bridgehead atoms. The Balaban J connectivity index is 1.43. The van der Waals surface area contributed by atoms with Gasteiger partial charge in [-0.15, -0.1) is 0 Å². The summed E-state index contributed by atoms with van der Waals surface area (Å²) in [5, 5.41) is 9.34. The Morgan fingerprint density at radius 1 is 1.13 bits per heavy atom. The number of benzene rings is 1. The van der Waals surface area contributed by atoms with Gasteiger partial charge in [0.2, 0.25) is 5.91 Å². The number of pyridine rings is 1. The zero-order valence-corrected chi connectivity index (χ0v) is 18.4. The number of amides is 1. The molecule has 0 aliphatic carbocycles. The second-order valence-electron chi connectivity index (χ2n) is 7.53. The summed E-state index contributed by atoms with van der Waals surface area (Å²) >= 11 is 0. The molecule has 1 aliphatic heterocycles. The van der Waals surface area contributed by atoms with Gasteiger partial charge in [0.05, 0.1) is 13.2 Å². The number of hydrogen-bond donors (Lipinski definition) is 3. The van der Waals surface area contributed by atoms with E-state index < -0.39 is 0 Å². The molecule has 0 saturated carbocycles. The molecule has 0 atom stereocenters. The summed E-state index contributed by atoms with van der Waals surface area (Å²) in [5.41, 5.74) is 3.60. The fourth-order valence-corrected chi connectivity index (χ4v) is 3.33. The monoisotopic (exact) mass is 424 g/mol. The zero-order valence-electron chi connectivity index (χ0n) is 18.4. The van der Waals surface area contributed by atoms with Gasteiger partial charge in [0.15, 0.2) is 5.96 Å². The molecule has 31 heavy (non-hydrogen) atoms. The quantitative estimate of drug-likeness (QED) is 0.443. The van der Waals surface area contributed by atoms with Crippen LogP contribution in [0, 0.1) is 6.92 Å². The summed E-state index contributed by atoms with van der Waals surface area (Å²) in [6.07, 6.45) is 2.06. The molecule has 1 aromatic heterocycles. The molecule has 3 N–H and O–H groups in total. The van der Waals surface area contributed by atoms with E-state index in [-0.39, 0.29) is 5.91 Å². The Hall–Kier alpha value is -2.97. The lowest BCUT2D eigenvalue weighted by Crippen LogP contribution is -2.39. The number of aryl methyl sites for hydroxylation is 1. The highest BCUT2D eigenvalue weighted by Gasteiger charge is 2.13. The molecule has 1 aliphatic rings. The van der Waals surface area contributed by atoms with Gasteiger partial charge in [0, 0.05) is 52.4 Å². The van der Waals surface area contributed by atoms with Crippen LogP contribution in [0.1, 0.15) is 23.1 Å². The molecule has 0 unspecified atom stereocenters. The van der Waals surface area contributed by atoms with Gasteiger partial charge in [-0.25, -0.2) is 4.98 Å². The van der Waals surface area contributed by atoms with Crippen molar-refractivity contribution in [1.82, 2.24) is 20.5 Å². The van der Waals surface area contributed by atoms with Gasteiger partial charge >= 0.3 is 0 Å². The van der Waals surface area contributed by atoms with Crippen molar-refractivity contribution in [2.75, 3.05) is 45.2 Å². The first-order valence-electron chi connectivity index (χ1n) is 10.7. The maximum atomic E-state index is 12.1. The third-order valence-electron chi connectivity index (χ3n) is 5.11. The molecule has 1 fully saturated rings. The van der Waals surface area contributed by atoms with E-state index in [1.54, 1.807) is 19.3 Å². The Bertz CT molecular complexity index is 863. The fraction of sp³-hybridized carbons (Fsp3) is 0.435. The van der Waals surface area contributed by atoms with Gasteiger partial charge in [0.25, 0.3) is 0 Å².